The fraction of sp³-hybridized carbons (Fsp3) is 0.696. The van der Waals surface area contributed by atoms with Gasteiger partial charge >= 0.3 is 11.9 Å². The number of hydrogen-bond donors (Lipinski definition) is 0. The van der Waals surface area contributed by atoms with Crippen molar-refractivity contribution in [3.05, 3.63) is 29.6 Å². The topological polar surface area (TPSA) is 65.5 Å². The average Bonchev–Trinajstić information content (AvgIpc) is 2.69. The molecule has 1 rings (SSSR count). The highest BCUT2D eigenvalue weighted by molar-refractivity contribution is 5.91. The van der Waals surface area contributed by atoms with Crippen LogP contribution in [0.2, 0.25) is 0 Å². The Morgan fingerprint density at radius 2 is 1.43 bits per heavy atom. The van der Waals surface area contributed by atoms with Crippen LogP contribution in [0.15, 0.2) is 18.2 Å². The Kier molecular flexibility index (Phi) is 13.0. The van der Waals surface area contributed by atoms with E-state index in [1.54, 1.807) is 18.2 Å². The van der Waals surface area contributed by atoms with Gasteiger partial charge in [0.05, 0.1) is 12.7 Å². The van der Waals surface area contributed by atoms with Gasteiger partial charge in [0.2, 0.25) is 0 Å². The standard InChI is InChI=1S/C23H37NO4/c1-4-6-7-8-9-10-11-12-13-18-27-22(25)20-16-14-17-21(24-20)23(26)28-19(3)15-5-2/h14,16-17,19H,4-13,15,18H2,1-3H3. The number of hydrogen-bond acceptors (Lipinski definition) is 5. The van der Waals surface area contributed by atoms with Crippen molar-refractivity contribution in [1.29, 1.82) is 0 Å². The van der Waals surface area contributed by atoms with Crippen LogP contribution < -0.4 is 0 Å². The van der Waals surface area contributed by atoms with Crippen LogP contribution in [0.1, 0.15) is 112 Å². The Morgan fingerprint density at radius 3 is 2.04 bits per heavy atom. The van der Waals surface area contributed by atoms with Gasteiger partial charge in [-0.1, -0.05) is 77.7 Å². The molecule has 0 spiro atoms. The third-order valence-electron chi connectivity index (χ3n) is 4.65. The molecule has 1 aromatic rings. The van der Waals surface area contributed by atoms with E-state index in [-0.39, 0.29) is 17.5 Å². The molecular formula is C23H37NO4. The molecule has 1 heterocycles. The first-order valence-corrected chi connectivity index (χ1v) is 10.9. The molecule has 0 amide bonds. The molecule has 0 aliphatic carbocycles. The largest absolute Gasteiger partial charge is 0.461 e. The van der Waals surface area contributed by atoms with Crippen molar-refractivity contribution in [2.24, 2.45) is 0 Å². The lowest BCUT2D eigenvalue weighted by atomic mass is 10.1. The Morgan fingerprint density at radius 1 is 0.857 bits per heavy atom. The minimum atomic E-state index is -0.505. The highest BCUT2D eigenvalue weighted by atomic mass is 16.5. The molecule has 5 heteroatoms. The fourth-order valence-electron chi connectivity index (χ4n) is 3.02. The van der Waals surface area contributed by atoms with Gasteiger partial charge in [-0.25, -0.2) is 14.6 Å². The van der Waals surface area contributed by atoms with Crippen molar-refractivity contribution < 1.29 is 19.1 Å². The second-order valence-corrected chi connectivity index (χ2v) is 7.38. The Bertz CT molecular complexity index is 573. The molecule has 0 radical (unpaired) electrons. The number of aromatic nitrogens is 1. The van der Waals surface area contributed by atoms with Gasteiger partial charge in [0.25, 0.3) is 0 Å². The van der Waals surface area contributed by atoms with Crippen LogP contribution in [0.25, 0.3) is 0 Å². The van der Waals surface area contributed by atoms with Gasteiger partial charge in [-0.15, -0.1) is 0 Å². The van der Waals surface area contributed by atoms with Crippen molar-refractivity contribution in [2.45, 2.75) is 97.5 Å². The number of carbonyl (C=O) groups excluding carboxylic acids is 2. The highest BCUT2D eigenvalue weighted by Gasteiger charge is 2.16. The van der Waals surface area contributed by atoms with Crippen LogP contribution in [-0.4, -0.2) is 29.6 Å². The average molecular weight is 392 g/mol. The van der Waals surface area contributed by atoms with E-state index in [2.05, 4.69) is 11.9 Å². The zero-order chi connectivity index (χ0) is 20.6. The third-order valence-corrected chi connectivity index (χ3v) is 4.65. The molecule has 0 saturated heterocycles. The lowest BCUT2D eigenvalue weighted by molar-refractivity contribution is 0.0316. The van der Waals surface area contributed by atoms with E-state index in [9.17, 15) is 9.59 Å². The fourth-order valence-corrected chi connectivity index (χ4v) is 3.02. The van der Waals surface area contributed by atoms with E-state index < -0.39 is 11.9 Å². The molecule has 0 aromatic carbocycles. The molecule has 5 nitrogen and oxygen atoms in total. The summed E-state index contributed by atoms with van der Waals surface area (Å²) in [6, 6.07) is 4.74. The molecule has 0 aliphatic heterocycles. The first-order chi connectivity index (χ1) is 13.6. The number of unbranched alkanes of at least 4 members (excludes halogenated alkanes) is 8. The molecule has 0 aliphatic rings. The maximum absolute atomic E-state index is 12.1. The third kappa shape index (κ3) is 10.4. The van der Waals surface area contributed by atoms with E-state index in [0.717, 1.165) is 25.7 Å². The molecule has 158 valence electrons. The minimum absolute atomic E-state index is 0.139. The number of rotatable bonds is 15. The molecule has 1 unspecified atom stereocenters. The first-order valence-electron chi connectivity index (χ1n) is 10.9. The van der Waals surface area contributed by atoms with Crippen molar-refractivity contribution in [3.63, 3.8) is 0 Å². The molecule has 1 atom stereocenters. The molecule has 1 aromatic heterocycles. The van der Waals surface area contributed by atoms with E-state index in [1.165, 1.54) is 44.9 Å². The Balaban J connectivity index is 2.26. The van der Waals surface area contributed by atoms with Gasteiger partial charge in [-0.05, 0) is 31.9 Å². The summed E-state index contributed by atoms with van der Waals surface area (Å²) in [6.45, 7) is 6.50. The summed E-state index contributed by atoms with van der Waals surface area (Å²) in [7, 11) is 0. The SMILES string of the molecule is CCCCCCCCCCCOC(=O)c1cccc(C(=O)OC(C)CCC)n1. The molecule has 0 fully saturated rings. The zero-order valence-corrected chi connectivity index (χ0v) is 17.9. The zero-order valence-electron chi connectivity index (χ0n) is 17.9. The Labute approximate surface area is 170 Å². The summed E-state index contributed by atoms with van der Waals surface area (Å²) in [5.74, 6) is -0.995. The minimum Gasteiger partial charge on any atom is -0.461 e. The number of pyridine rings is 1. The van der Waals surface area contributed by atoms with E-state index in [1.807, 2.05) is 13.8 Å². The number of esters is 2. The van der Waals surface area contributed by atoms with Crippen LogP contribution >= 0.6 is 0 Å². The maximum Gasteiger partial charge on any atom is 0.357 e. The van der Waals surface area contributed by atoms with Crippen molar-refractivity contribution in [3.8, 4) is 0 Å². The number of carbonyl (C=O) groups is 2. The summed E-state index contributed by atoms with van der Waals surface area (Å²) in [6.07, 6.45) is 12.5. The smallest absolute Gasteiger partial charge is 0.357 e. The predicted molar refractivity (Wildman–Crippen MR) is 112 cm³/mol. The van der Waals surface area contributed by atoms with Crippen molar-refractivity contribution >= 4 is 11.9 Å². The number of ether oxygens (including phenoxy) is 2. The van der Waals surface area contributed by atoms with Gasteiger partial charge < -0.3 is 9.47 Å². The number of nitrogens with zero attached hydrogens (tertiary/aromatic N) is 1. The van der Waals surface area contributed by atoms with Crippen LogP contribution in [0, 0.1) is 0 Å². The van der Waals surface area contributed by atoms with Crippen molar-refractivity contribution in [2.75, 3.05) is 6.61 Å². The lowest BCUT2D eigenvalue weighted by Gasteiger charge is -2.12. The summed E-state index contributed by atoms with van der Waals surface area (Å²) in [4.78, 5) is 28.4. The van der Waals surface area contributed by atoms with Crippen LogP contribution in [0.5, 0.6) is 0 Å². The lowest BCUT2D eigenvalue weighted by Crippen LogP contribution is -2.17. The quantitative estimate of drug-likeness (QED) is 0.266. The van der Waals surface area contributed by atoms with Gasteiger partial charge in [0.1, 0.15) is 11.4 Å². The highest BCUT2D eigenvalue weighted by Crippen LogP contribution is 2.11. The summed E-state index contributed by atoms with van der Waals surface area (Å²) < 4.78 is 10.6. The van der Waals surface area contributed by atoms with Gasteiger partial charge in [0, 0.05) is 0 Å². The maximum atomic E-state index is 12.1. The van der Waals surface area contributed by atoms with Crippen LogP contribution in [-0.2, 0) is 9.47 Å². The van der Waals surface area contributed by atoms with E-state index in [4.69, 9.17) is 9.47 Å². The van der Waals surface area contributed by atoms with E-state index in [0.29, 0.717) is 6.61 Å². The molecule has 0 N–H and O–H groups in total. The van der Waals surface area contributed by atoms with Crippen LogP contribution in [0.3, 0.4) is 0 Å². The first kappa shape index (κ1) is 24.1. The van der Waals surface area contributed by atoms with Gasteiger partial charge in [-0.3, -0.25) is 0 Å². The van der Waals surface area contributed by atoms with E-state index >= 15 is 0 Å². The molecule has 0 saturated carbocycles. The monoisotopic (exact) mass is 391 g/mol. The molecular weight excluding hydrogens is 354 g/mol. The van der Waals surface area contributed by atoms with Gasteiger partial charge in [-0.2, -0.15) is 0 Å². The van der Waals surface area contributed by atoms with Gasteiger partial charge in [0.15, 0.2) is 0 Å². The summed E-state index contributed by atoms with van der Waals surface area (Å²) >= 11 is 0. The summed E-state index contributed by atoms with van der Waals surface area (Å²) in [5, 5.41) is 0. The Hall–Kier alpha value is -1.91. The molecule has 0 bridgehead atoms. The second kappa shape index (κ2) is 15.1. The predicted octanol–water partition coefficient (Wildman–Crippen LogP) is 6.11. The normalized spacial score (nSPS) is 11.8. The van der Waals surface area contributed by atoms with Crippen molar-refractivity contribution in [1.82, 2.24) is 4.98 Å². The second-order valence-electron chi connectivity index (χ2n) is 7.38. The van der Waals surface area contributed by atoms with Crippen LogP contribution in [0.4, 0.5) is 0 Å². The summed E-state index contributed by atoms with van der Waals surface area (Å²) in [5.41, 5.74) is 0.286. The molecule has 28 heavy (non-hydrogen) atoms.